The number of thiazole rings is 1. The van der Waals surface area contributed by atoms with Crippen LogP contribution in [0.15, 0.2) is 4.79 Å². The predicted molar refractivity (Wildman–Crippen MR) is 105 cm³/mol. The van der Waals surface area contributed by atoms with Crippen LogP contribution >= 0.6 is 11.3 Å². The Morgan fingerprint density at radius 1 is 1.31 bits per heavy atom. The Bertz CT molecular complexity index is 856. The van der Waals surface area contributed by atoms with Crippen molar-refractivity contribution in [3.8, 4) is 10.6 Å². The van der Waals surface area contributed by atoms with Crippen molar-refractivity contribution in [1.82, 2.24) is 20.1 Å². The van der Waals surface area contributed by atoms with Crippen LogP contribution in [0.2, 0.25) is 0 Å². The molecule has 0 saturated carbocycles. The molecule has 0 aromatic carbocycles. The van der Waals surface area contributed by atoms with E-state index in [9.17, 15) is 9.59 Å². The summed E-state index contributed by atoms with van der Waals surface area (Å²) in [6.07, 6.45) is 2.92. The normalized spacial score (nSPS) is 12.2. The molecule has 0 fully saturated rings. The number of hydrogen-bond acceptors (Lipinski definition) is 6. The SMILES string of the molecule is CCCCC(CN)NC(=O)c1sc(-c2c(C)c(C)nn(C)c2=O)nc1C. The van der Waals surface area contributed by atoms with E-state index in [4.69, 9.17) is 5.73 Å². The molecule has 2 heterocycles. The van der Waals surface area contributed by atoms with Crippen LogP contribution in [-0.2, 0) is 7.05 Å². The van der Waals surface area contributed by atoms with Crippen LogP contribution in [-0.4, -0.2) is 33.3 Å². The lowest BCUT2D eigenvalue weighted by Crippen LogP contribution is -2.40. The third-order valence-corrected chi connectivity index (χ3v) is 5.64. The molecule has 2 aromatic rings. The standard InChI is InChI=1S/C18H27N5O2S/c1-6-7-8-13(9-19)21-16(24)15-12(4)20-17(26-15)14-10(2)11(3)22-23(5)18(14)25/h13H,6-9,19H2,1-5H3,(H,21,24). The molecule has 2 rings (SSSR count). The number of aryl methyl sites for hydroxylation is 3. The van der Waals surface area contributed by atoms with E-state index in [0.29, 0.717) is 27.7 Å². The molecule has 0 bridgehead atoms. The van der Waals surface area contributed by atoms with E-state index in [0.717, 1.165) is 30.5 Å². The maximum absolute atomic E-state index is 12.7. The van der Waals surface area contributed by atoms with Gasteiger partial charge in [-0.1, -0.05) is 19.8 Å². The molecule has 0 radical (unpaired) electrons. The van der Waals surface area contributed by atoms with Crippen LogP contribution in [0.5, 0.6) is 0 Å². The Morgan fingerprint density at radius 2 is 2.00 bits per heavy atom. The van der Waals surface area contributed by atoms with Crippen LogP contribution in [0.1, 0.15) is 52.8 Å². The topological polar surface area (TPSA) is 103 Å². The number of nitrogens with two attached hydrogens (primary N) is 1. The number of aromatic nitrogens is 3. The molecule has 0 spiro atoms. The smallest absolute Gasteiger partial charge is 0.277 e. The Labute approximate surface area is 157 Å². The molecule has 0 aliphatic heterocycles. The molecule has 1 amide bonds. The number of amides is 1. The van der Waals surface area contributed by atoms with Gasteiger partial charge in [0.25, 0.3) is 11.5 Å². The number of nitrogens with one attached hydrogen (secondary N) is 1. The van der Waals surface area contributed by atoms with Gasteiger partial charge in [0.2, 0.25) is 0 Å². The van der Waals surface area contributed by atoms with Crippen LogP contribution < -0.4 is 16.6 Å². The molecule has 2 aromatic heterocycles. The Morgan fingerprint density at radius 3 is 2.62 bits per heavy atom. The average Bonchev–Trinajstić information content (AvgIpc) is 2.98. The molecule has 8 heteroatoms. The van der Waals surface area contributed by atoms with Crippen molar-refractivity contribution in [2.24, 2.45) is 12.8 Å². The molecule has 1 atom stereocenters. The second-order valence-electron chi connectivity index (χ2n) is 6.50. The Hall–Kier alpha value is -2.06. The molecule has 142 valence electrons. The third-order valence-electron chi connectivity index (χ3n) is 4.47. The first-order valence-corrected chi connectivity index (χ1v) is 9.65. The fraction of sp³-hybridized carbons (Fsp3) is 0.556. The number of carbonyl (C=O) groups excluding carboxylic acids is 1. The Balaban J connectivity index is 2.36. The zero-order valence-corrected chi connectivity index (χ0v) is 16.9. The second kappa shape index (κ2) is 8.55. The van der Waals surface area contributed by atoms with Crippen molar-refractivity contribution in [1.29, 1.82) is 0 Å². The minimum absolute atomic E-state index is 0.0508. The van der Waals surface area contributed by atoms with E-state index in [2.05, 4.69) is 22.3 Å². The molecule has 7 nitrogen and oxygen atoms in total. The summed E-state index contributed by atoms with van der Waals surface area (Å²) in [5.74, 6) is -0.182. The lowest BCUT2D eigenvalue weighted by molar-refractivity contribution is 0.0939. The number of nitrogens with zero attached hydrogens (tertiary/aromatic N) is 3. The van der Waals surface area contributed by atoms with E-state index in [1.165, 1.54) is 16.0 Å². The minimum Gasteiger partial charge on any atom is -0.347 e. The molecule has 0 saturated heterocycles. The van der Waals surface area contributed by atoms with Gasteiger partial charge in [0.15, 0.2) is 0 Å². The highest BCUT2D eigenvalue weighted by molar-refractivity contribution is 7.17. The van der Waals surface area contributed by atoms with Crippen molar-refractivity contribution >= 4 is 17.2 Å². The third kappa shape index (κ3) is 4.19. The summed E-state index contributed by atoms with van der Waals surface area (Å²) in [6, 6.07) is -0.0508. The lowest BCUT2D eigenvalue weighted by atomic mass is 10.1. The van der Waals surface area contributed by atoms with Crippen LogP contribution in [0, 0.1) is 20.8 Å². The first-order valence-electron chi connectivity index (χ1n) is 8.83. The number of hydrogen-bond donors (Lipinski definition) is 2. The van der Waals surface area contributed by atoms with Crippen LogP contribution in [0.25, 0.3) is 10.6 Å². The largest absolute Gasteiger partial charge is 0.347 e. The van der Waals surface area contributed by atoms with E-state index in [1.54, 1.807) is 14.0 Å². The van der Waals surface area contributed by atoms with Crippen molar-refractivity contribution in [2.75, 3.05) is 6.54 Å². The molecule has 0 aliphatic rings. The van der Waals surface area contributed by atoms with E-state index < -0.39 is 0 Å². The Kier molecular flexibility index (Phi) is 6.66. The zero-order chi connectivity index (χ0) is 19.4. The number of rotatable bonds is 7. The predicted octanol–water partition coefficient (Wildman–Crippen LogP) is 2.08. The highest BCUT2D eigenvalue weighted by Gasteiger charge is 2.22. The van der Waals surface area contributed by atoms with Gasteiger partial charge in [-0.05, 0) is 32.8 Å². The summed E-state index contributed by atoms with van der Waals surface area (Å²) >= 11 is 1.24. The van der Waals surface area contributed by atoms with E-state index >= 15 is 0 Å². The molecular weight excluding hydrogens is 350 g/mol. The van der Waals surface area contributed by atoms with E-state index in [-0.39, 0.29) is 17.5 Å². The van der Waals surface area contributed by atoms with E-state index in [1.807, 2.05) is 13.8 Å². The highest BCUT2D eigenvalue weighted by Crippen LogP contribution is 2.28. The van der Waals surface area contributed by atoms with Gasteiger partial charge in [0.05, 0.1) is 17.0 Å². The monoisotopic (exact) mass is 377 g/mol. The highest BCUT2D eigenvalue weighted by atomic mass is 32.1. The van der Waals surface area contributed by atoms with Gasteiger partial charge in [0, 0.05) is 19.6 Å². The summed E-state index contributed by atoms with van der Waals surface area (Å²) in [6.45, 7) is 8.00. The average molecular weight is 378 g/mol. The summed E-state index contributed by atoms with van der Waals surface area (Å²) in [7, 11) is 1.62. The molecule has 26 heavy (non-hydrogen) atoms. The minimum atomic E-state index is -0.211. The van der Waals surface area contributed by atoms with Gasteiger partial charge >= 0.3 is 0 Å². The fourth-order valence-electron chi connectivity index (χ4n) is 2.76. The van der Waals surface area contributed by atoms with Crippen molar-refractivity contribution in [3.05, 3.63) is 32.2 Å². The summed E-state index contributed by atoms with van der Waals surface area (Å²) in [5, 5.41) is 7.73. The van der Waals surface area contributed by atoms with Gasteiger partial charge < -0.3 is 11.1 Å². The number of carbonyl (C=O) groups is 1. The lowest BCUT2D eigenvalue weighted by Gasteiger charge is -2.15. The van der Waals surface area contributed by atoms with Gasteiger partial charge in [-0.15, -0.1) is 11.3 Å². The summed E-state index contributed by atoms with van der Waals surface area (Å²) in [4.78, 5) is 30.2. The quantitative estimate of drug-likeness (QED) is 0.769. The maximum Gasteiger partial charge on any atom is 0.277 e. The zero-order valence-electron chi connectivity index (χ0n) is 16.0. The summed E-state index contributed by atoms with van der Waals surface area (Å²) in [5.41, 5.74) is 8.24. The fourth-order valence-corrected chi connectivity index (χ4v) is 3.83. The molecule has 1 unspecified atom stereocenters. The number of unbranched alkanes of at least 4 members (excludes halogenated alkanes) is 1. The maximum atomic E-state index is 12.7. The molecule has 3 N–H and O–H groups in total. The second-order valence-corrected chi connectivity index (χ2v) is 7.50. The first kappa shape index (κ1) is 20.3. The van der Waals surface area contributed by atoms with Crippen molar-refractivity contribution < 1.29 is 4.79 Å². The van der Waals surface area contributed by atoms with Gasteiger partial charge in [-0.3, -0.25) is 9.59 Å². The molecule has 0 aliphatic carbocycles. The van der Waals surface area contributed by atoms with Crippen LogP contribution in [0.3, 0.4) is 0 Å². The van der Waals surface area contributed by atoms with Gasteiger partial charge in [-0.25, -0.2) is 9.67 Å². The van der Waals surface area contributed by atoms with Gasteiger partial charge in [0.1, 0.15) is 9.88 Å². The van der Waals surface area contributed by atoms with Crippen LogP contribution in [0.4, 0.5) is 0 Å². The summed E-state index contributed by atoms with van der Waals surface area (Å²) < 4.78 is 1.31. The first-order chi connectivity index (χ1) is 12.3. The van der Waals surface area contributed by atoms with Crippen molar-refractivity contribution in [3.63, 3.8) is 0 Å². The molecular formula is C18H27N5O2S. The van der Waals surface area contributed by atoms with Gasteiger partial charge in [-0.2, -0.15) is 5.10 Å². The van der Waals surface area contributed by atoms with Crippen molar-refractivity contribution in [2.45, 2.75) is 53.0 Å².